The van der Waals surface area contributed by atoms with Crippen LogP contribution in [0.2, 0.25) is 0 Å². The summed E-state index contributed by atoms with van der Waals surface area (Å²) >= 11 is 0. The van der Waals surface area contributed by atoms with Crippen LogP contribution in [-0.2, 0) is 4.74 Å². The quantitative estimate of drug-likeness (QED) is 0.420. The number of aromatic hydroxyl groups is 1. The Balaban J connectivity index is 1.86. The molecule has 0 fully saturated rings. The van der Waals surface area contributed by atoms with Crippen molar-refractivity contribution in [2.45, 2.75) is 13.8 Å². The third-order valence-electron chi connectivity index (χ3n) is 5.05. The van der Waals surface area contributed by atoms with Gasteiger partial charge in [0.05, 0.1) is 17.4 Å². The molecule has 0 spiro atoms. The summed E-state index contributed by atoms with van der Waals surface area (Å²) in [4.78, 5) is 14.5. The maximum absolute atomic E-state index is 13.2. The second-order valence-electron chi connectivity index (χ2n) is 7.02. The van der Waals surface area contributed by atoms with Crippen LogP contribution < -0.4 is 4.90 Å². The van der Waals surface area contributed by atoms with E-state index in [1.165, 1.54) is 21.7 Å². The van der Waals surface area contributed by atoms with Crippen molar-refractivity contribution in [3.8, 4) is 22.9 Å². The molecule has 0 bridgehead atoms. The summed E-state index contributed by atoms with van der Waals surface area (Å²) in [5.41, 5.74) is 3.00. The number of hydrogen-bond acceptors (Lipinski definition) is 5. The molecule has 0 saturated heterocycles. The van der Waals surface area contributed by atoms with Crippen LogP contribution >= 0.6 is 0 Å². The predicted molar refractivity (Wildman–Crippen MR) is 122 cm³/mol. The number of ether oxygens (including phenoxy) is 1. The summed E-state index contributed by atoms with van der Waals surface area (Å²) < 4.78 is 6.89. The number of allylic oxidation sites excluding steroid dienone is 2. The van der Waals surface area contributed by atoms with Crippen LogP contribution in [0.5, 0.6) is 5.75 Å². The van der Waals surface area contributed by atoms with Gasteiger partial charge in [0, 0.05) is 6.07 Å². The van der Waals surface area contributed by atoms with Crippen molar-refractivity contribution in [3.05, 3.63) is 90.3 Å². The van der Waals surface area contributed by atoms with E-state index in [2.05, 4.69) is 5.10 Å². The standard InChI is InChI=1S/C25H20N4O3/c1-3-17(2)32-25(31)28(20-11-9-19(10-12-20)18-7-5-4-6-8-18)24-15-23(30)21(16-26)22-13-14-27-29(22)24/h3-15,30H,1-2H3/b17-3+. The molecule has 1 N–H and O–H groups in total. The highest BCUT2D eigenvalue weighted by atomic mass is 16.6. The predicted octanol–water partition coefficient (Wildman–Crippen LogP) is 5.78. The van der Waals surface area contributed by atoms with Gasteiger partial charge in [0.1, 0.15) is 29.0 Å². The molecule has 4 aromatic rings. The number of carbonyl (C=O) groups excluding carboxylic acids is 1. The molecule has 4 rings (SSSR count). The molecule has 0 unspecified atom stereocenters. The van der Waals surface area contributed by atoms with E-state index in [1.807, 2.05) is 48.5 Å². The lowest BCUT2D eigenvalue weighted by atomic mass is 10.1. The van der Waals surface area contributed by atoms with E-state index in [0.29, 0.717) is 17.0 Å². The average molecular weight is 424 g/mol. The Morgan fingerprint density at radius 2 is 1.81 bits per heavy atom. The van der Waals surface area contributed by atoms with Crippen molar-refractivity contribution in [2.75, 3.05) is 4.90 Å². The minimum absolute atomic E-state index is 0.0728. The number of benzene rings is 2. The van der Waals surface area contributed by atoms with Crippen molar-refractivity contribution in [3.63, 3.8) is 0 Å². The zero-order chi connectivity index (χ0) is 22.7. The van der Waals surface area contributed by atoms with Gasteiger partial charge in [-0.3, -0.25) is 0 Å². The molecule has 7 heteroatoms. The number of amides is 1. The molecule has 0 aliphatic carbocycles. The summed E-state index contributed by atoms with van der Waals surface area (Å²) in [6.07, 6.45) is 2.50. The molecule has 0 atom stereocenters. The fourth-order valence-corrected chi connectivity index (χ4v) is 3.34. The first-order chi connectivity index (χ1) is 15.5. The first kappa shape index (κ1) is 20.7. The summed E-state index contributed by atoms with van der Waals surface area (Å²) in [5, 5.41) is 24.1. The van der Waals surface area contributed by atoms with Crippen LogP contribution in [0.25, 0.3) is 16.6 Å². The van der Waals surface area contributed by atoms with Gasteiger partial charge in [-0.1, -0.05) is 42.5 Å². The maximum atomic E-state index is 13.2. The molecule has 0 aliphatic rings. The van der Waals surface area contributed by atoms with Crippen LogP contribution in [0.1, 0.15) is 19.4 Å². The highest BCUT2D eigenvalue weighted by molar-refractivity contribution is 5.97. The lowest BCUT2D eigenvalue weighted by molar-refractivity contribution is 0.186. The molecular weight excluding hydrogens is 404 g/mol. The number of hydrogen-bond donors (Lipinski definition) is 1. The van der Waals surface area contributed by atoms with E-state index in [-0.39, 0.29) is 17.1 Å². The van der Waals surface area contributed by atoms with Crippen molar-refractivity contribution >= 4 is 23.1 Å². The Labute approximate surface area is 185 Å². The average Bonchev–Trinajstić information content (AvgIpc) is 3.30. The fraction of sp³-hybridized carbons (Fsp3) is 0.0800. The third kappa shape index (κ3) is 3.77. The second-order valence-corrected chi connectivity index (χ2v) is 7.02. The van der Waals surface area contributed by atoms with Gasteiger partial charge in [-0.25, -0.2) is 14.2 Å². The van der Waals surface area contributed by atoms with Gasteiger partial charge < -0.3 is 9.84 Å². The van der Waals surface area contributed by atoms with E-state index in [0.717, 1.165) is 11.1 Å². The Hall–Kier alpha value is -4.57. The third-order valence-corrected chi connectivity index (χ3v) is 5.05. The highest BCUT2D eigenvalue weighted by Crippen LogP contribution is 2.34. The summed E-state index contributed by atoms with van der Waals surface area (Å²) in [6, 6.07) is 22.2. The number of anilines is 2. The number of carbonyl (C=O) groups is 1. The molecule has 2 heterocycles. The van der Waals surface area contributed by atoms with Gasteiger partial charge in [0.2, 0.25) is 0 Å². The number of fused-ring (bicyclic) bond motifs is 1. The summed E-state index contributed by atoms with van der Waals surface area (Å²) in [6.45, 7) is 3.44. The van der Waals surface area contributed by atoms with Crippen molar-refractivity contribution in [1.82, 2.24) is 9.61 Å². The van der Waals surface area contributed by atoms with E-state index in [1.54, 1.807) is 38.1 Å². The van der Waals surface area contributed by atoms with Crippen LogP contribution in [0.15, 0.2) is 84.8 Å². The number of nitrogens with zero attached hydrogens (tertiary/aromatic N) is 4. The lowest BCUT2D eigenvalue weighted by Crippen LogP contribution is -2.28. The minimum atomic E-state index is -0.672. The number of nitriles is 1. The topological polar surface area (TPSA) is 90.9 Å². The highest BCUT2D eigenvalue weighted by Gasteiger charge is 2.25. The molecule has 7 nitrogen and oxygen atoms in total. The van der Waals surface area contributed by atoms with E-state index < -0.39 is 6.09 Å². The van der Waals surface area contributed by atoms with Crippen LogP contribution in [0.4, 0.5) is 16.3 Å². The molecule has 158 valence electrons. The smallest absolute Gasteiger partial charge is 0.425 e. The molecule has 2 aromatic carbocycles. The van der Waals surface area contributed by atoms with Gasteiger partial charge in [-0.05, 0) is 49.2 Å². The Bertz CT molecular complexity index is 1350. The number of rotatable bonds is 4. The molecule has 0 radical (unpaired) electrons. The molecular formula is C25H20N4O3. The Morgan fingerprint density at radius 1 is 1.12 bits per heavy atom. The zero-order valence-electron chi connectivity index (χ0n) is 17.6. The Kier molecular flexibility index (Phi) is 5.60. The van der Waals surface area contributed by atoms with Crippen molar-refractivity contribution in [1.29, 1.82) is 5.26 Å². The van der Waals surface area contributed by atoms with Crippen LogP contribution in [-0.4, -0.2) is 20.8 Å². The summed E-state index contributed by atoms with van der Waals surface area (Å²) in [5.74, 6) is 0.412. The van der Waals surface area contributed by atoms with Gasteiger partial charge in [-0.2, -0.15) is 10.4 Å². The van der Waals surface area contributed by atoms with E-state index in [9.17, 15) is 15.2 Å². The molecule has 0 saturated carbocycles. The SMILES string of the molecule is C/C=C(\C)OC(=O)N(c1ccc(-c2ccccc2)cc1)c1cc(O)c(C#N)c2ccnn12. The van der Waals surface area contributed by atoms with E-state index >= 15 is 0 Å². The Morgan fingerprint density at radius 3 is 2.47 bits per heavy atom. The molecule has 32 heavy (non-hydrogen) atoms. The normalized spacial score (nSPS) is 11.2. The largest absolute Gasteiger partial charge is 0.506 e. The van der Waals surface area contributed by atoms with Crippen LogP contribution in [0, 0.1) is 11.3 Å². The lowest BCUT2D eigenvalue weighted by Gasteiger charge is -2.23. The first-order valence-electron chi connectivity index (χ1n) is 9.93. The molecule has 2 aromatic heterocycles. The molecule has 1 amide bonds. The number of aromatic nitrogens is 2. The van der Waals surface area contributed by atoms with Crippen molar-refractivity contribution in [2.24, 2.45) is 0 Å². The van der Waals surface area contributed by atoms with Gasteiger partial charge >= 0.3 is 6.09 Å². The summed E-state index contributed by atoms with van der Waals surface area (Å²) in [7, 11) is 0. The monoisotopic (exact) mass is 424 g/mol. The maximum Gasteiger partial charge on any atom is 0.425 e. The molecule has 0 aliphatic heterocycles. The second kappa shape index (κ2) is 8.66. The minimum Gasteiger partial charge on any atom is -0.506 e. The van der Waals surface area contributed by atoms with Gasteiger partial charge in [-0.15, -0.1) is 0 Å². The fourth-order valence-electron chi connectivity index (χ4n) is 3.34. The van der Waals surface area contributed by atoms with Crippen molar-refractivity contribution < 1.29 is 14.6 Å². The van der Waals surface area contributed by atoms with E-state index in [4.69, 9.17) is 4.74 Å². The van der Waals surface area contributed by atoms with Gasteiger partial charge in [0.15, 0.2) is 0 Å². The number of pyridine rings is 1. The van der Waals surface area contributed by atoms with Crippen LogP contribution in [0.3, 0.4) is 0 Å². The first-order valence-corrected chi connectivity index (χ1v) is 9.93. The zero-order valence-corrected chi connectivity index (χ0v) is 17.6. The van der Waals surface area contributed by atoms with Gasteiger partial charge in [0.25, 0.3) is 0 Å².